The van der Waals surface area contributed by atoms with Gasteiger partial charge in [-0.2, -0.15) is 5.10 Å². The summed E-state index contributed by atoms with van der Waals surface area (Å²) in [5, 5.41) is 20.9. The molecule has 0 bridgehead atoms. The maximum Gasteiger partial charge on any atom is 0.311 e. The van der Waals surface area contributed by atoms with E-state index < -0.39 is 24.3 Å². The number of hydrogen-bond donors (Lipinski definition) is 3. The predicted molar refractivity (Wildman–Crippen MR) is 203 cm³/mol. The van der Waals surface area contributed by atoms with E-state index >= 15 is 0 Å². The molecule has 0 radical (unpaired) electrons. The minimum atomic E-state index is -2.93. The second kappa shape index (κ2) is 15.4. The molecule has 3 aliphatic rings. The number of aromatic nitrogens is 5. The van der Waals surface area contributed by atoms with E-state index in [1.54, 1.807) is 54.7 Å². The molecule has 3 N–H and O–H groups in total. The standard InChI is InChI=1S/C38H37Cl2F2N9O4/c1-55-38(54)21-17-50(18-21)29-9-4-11-51-30(29)14-28(48-51)37(53)46-26-8-3-6-24(32(26)40)23-5-2-7-25(31(23)39)44-35-33-27(45-36(47-35)34(41)42)13-20(15-43-33)16-49-12-10-22(52)19-49/h2-3,5-8,13-15,21-22,29,34,52H,4,9-12,16-19H2,1H3,(H,46,53)(H,44,45,47)/t22-,29-/m1/s1. The normalized spacial score (nSPS) is 19.0. The molecule has 2 fully saturated rings. The molecule has 1 amide bonds. The van der Waals surface area contributed by atoms with Gasteiger partial charge in [0.15, 0.2) is 17.3 Å². The Hall–Kier alpha value is -4.80. The molecule has 0 unspecified atom stereocenters. The first-order chi connectivity index (χ1) is 26.6. The minimum absolute atomic E-state index is 0.0461. The Morgan fingerprint density at radius 2 is 1.75 bits per heavy atom. The van der Waals surface area contributed by atoms with Crippen LogP contribution >= 0.6 is 23.2 Å². The van der Waals surface area contributed by atoms with E-state index in [2.05, 4.69) is 40.5 Å². The van der Waals surface area contributed by atoms with Crippen LogP contribution in [0.1, 0.15) is 59.3 Å². The van der Waals surface area contributed by atoms with Crippen molar-refractivity contribution in [2.75, 3.05) is 43.9 Å². The Morgan fingerprint density at radius 3 is 2.45 bits per heavy atom. The lowest BCUT2D eigenvalue weighted by molar-refractivity contribution is -0.152. The number of nitrogens with one attached hydrogen (secondary N) is 2. The van der Waals surface area contributed by atoms with Crippen LogP contribution < -0.4 is 10.6 Å². The van der Waals surface area contributed by atoms with Crippen LogP contribution in [-0.2, 0) is 22.6 Å². The average molecular weight is 793 g/mol. The number of aliphatic hydroxyl groups is 1. The molecule has 2 atom stereocenters. The van der Waals surface area contributed by atoms with Gasteiger partial charge in [0.25, 0.3) is 12.3 Å². The van der Waals surface area contributed by atoms with Crippen molar-refractivity contribution in [2.24, 2.45) is 5.92 Å². The summed E-state index contributed by atoms with van der Waals surface area (Å²) in [5.74, 6) is -1.40. The van der Waals surface area contributed by atoms with Gasteiger partial charge in [0.2, 0.25) is 0 Å². The first-order valence-corrected chi connectivity index (χ1v) is 18.7. The Bertz CT molecular complexity index is 2290. The highest BCUT2D eigenvalue weighted by molar-refractivity contribution is 6.39. The van der Waals surface area contributed by atoms with E-state index in [0.717, 1.165) is 30.6 Å². The van der Waals surface area contributed by atoms with Gasteiger partial charge in [-0.15, -0.1) is 0 Å². The first kappa shape index (κ1) is 37.1. The maximum atomic E-state index is 14.0. The van der Waals surface area contributed by atoms with E-state index in [0.29, 0.717) is 61.6 Å². The number of rotatable bonds is 10. The van der Waals surface area contributed by atoms with Crippen molar-refractivity contribution in [2.45, 2.75) is 50.9 Å². The quantitative estimate of drug-likeness (QED) is 0.131. The fourth-order valence-corrected chi connectivity index (χ4v) is 8.13. The van der Waals surface area contributed by atoms with E-state index in [1.165, 1.54) is 7.11 Å². The molecule has 13 nitrogen and oxygen atoms in total. The monoisotopic (exact) mass is 791 g/mol. The summed E-state index contributed by atoms with van der Waals surface area (Å²) in [5.41, 5.74) is 4.20. The Labute approximate surface area is 324 Å². The van der Waals surface area contributed by atoms with Crippen LogP contribution in [0.4, 0.5) is 26.0 Å². The number of alkyl halides is 2. The molecule has 286 valence electrons. The summed E-state index contributed by atoms with van der Waals surface area (Å²) < 4.78 is 34.7. The number of amides is 1. The number of fused-ring (bicyclic) bond motifs is 2. The highest BCUT2D eigenvalue weighted by Gasteiger charge is 2.40. The summed E-state index contributed by atoms with van der Waals surface area (Å²) in [6.45, 7) is 3.62. The third-order valence-corrected chi connectivity index (χ3v) is 11.2. The molecule has 55 heavy (non-hydrogen) atoms. The lowest BCUT2D eigenvalue weighted by atomic mass is 9.93. The zero-order valence-corrected chi connectivity index (χ0v) is 31.2. The van der Waals surface area contributed by atoms with Crippen molar-refractivity contribution in [3.05, 3.63) is 87.5 Å². The van der Waals surface area contributed by atoms with Crippen molar-refractivity contribution in [1.29, 1.82) is 0 Å². The van der Waals surface area contributed by atoms with Crippen molar-refractivity contribution in [3.8, 4) is 11.1 Å². The number of anilines is 3. The number of halogens is 4. The molecule has 2 aromatic carbocycles. The number of carbonyl (C=O) groups excluding carboxylic acids is 2. The SMILES string of the molecule is COC(=O)C1CN([C@@H]2CCCn3nc(C(=O)Nc4cccc(-c5cccc(Nc6nc(C(F)F)nc7cc(CN8CC[C@@H](O)C8)cnc67)c5Cl)c4Cl)cc32)C1. The van der Waals surface area contributed by atoms with Gasteiger partial charge in [-0.3, -0.25) is 29.1 Å². The fourth-order valence-electron chi connectivity index (χ4n) is 7.57. The number of aliphatic hydroxyl groups excluding tert-OH is 1. The van der Waals surface area contributed by atoms with E-state index in [1.807, 2.05) is 4.68 Å². The van der Waals surface area contributed by atoms with Crippen LogP contribution in [0, 0.1) is 5.92 Å². The molecule has 5 aromatic rings. The first-order valence-electron chi connectivity index (χ1n) is 18.0. The van der Waals surface area contributed by atoms with Crippen molar-refractivity contribution in [3.63, 3.8) is 0 Å². The number of carbonyl (C=O) groups is 2. The number of β-amino-alcohol motifs (C(OH)–C–C–N with tert-alkyl or cyclic N) is 1. The molecule has 3 aliphatic heterocycles. The summed E-state index contributed by atoms with van der Waals surface area (Å²) in [6.07, 6.45) is 0.782. The lowest BCUT2D eigenvalue weighted by Gasteiger charge is -2.44. The van der Waals surface area contributed by atoms with E-state index in [-0.39, 0.29) is 50.5 Å². The van der Waals surface area contributed by atoms with Crippen molar-refractivity contribution in [1.82, 2.24) is 34.5 Å². The number of methoxy groups -OCH3 is 1. The average Bonchev–Trinajstić information content (AvgIpc) is 3.79. The van der Waals surface area contributed by atoms with Gasteiger partial charge in [0.05, 0.1) is 57.8 Å². The number of benzene rings is 2. The fraction of sp³-hybridized carbons (Fsp3) is 0.368. The molecule has 6 heterocycles. The highest BCUT2D eigenvalue weighted by Crippen LogP contribution is 2.42. The maximum absolute atomic E-state index is 14.0. The second-order valence-corrected chi connectivity index (χ2v) is 14.8. The summed E-state index contributed by atoms with van der Waals surface area (Å²) in [6, 6.07) is 13.9. The van der Waals surface area contributed by atoms with Gasteiger partial charge in [0, 0.05) is 56.6 Å². The van der Waals surface area contributed by atoms with Crippen LogP contribution in [0.3, 0.4) is 0 Å². The smallest absolute Gasteiger partial charge is 0.311 e. The number of likely N-dealkylation sites (tertiary alicyclic amines) is 2. The number of hydrogen-bond acceptors (Lipinski definition) is 11. The summed E-state index contributed by atoms with van der Waals surface area (Å²) in [4.78, 5) is 42.5. The van der Waals surface area contributed by atoms with Crippen LogP contribution in [0.2, 0.25) is 10.0 Å². The second-order valence-electron chi connectivity index (χ2n) is 14.0. The van der Waals surface area contributed by atoms with Gasteiger partial charge in [-0.05, 0) is 49.1 Å². The van der Waals surface area contributed by atoms with E-state index in [4.69, 9.17) is 27.9 Å². The number of aryl methyl sites for hydroxylation is 1. The lowest BCUT2D eigenvalue weighted by Crippen LogP contribution is -2.52. The number of pyridine rings is 1. The Balaban J connectivity index is 1.02. The molecular weight excluding hydrogens is 755 g/mol. The van der Waals surface area contributed by atoms with Gasteiger partial charge in [0.1, 0.15) is 5.52 Å². The third kappa shape index (κ3) is 7.46. The van der Waals surface area contributed by atoms with Gasteiger partial charge in [-0.1, -0.05) is 47.5 Å². The third-order valence-electron chi connectivity index (χ3n) is 10.4. The zero-order chi connectivity index (χ0) is 38.4. The molecule has 2 saturated heterocycles. The van der Waals surface area contributed by atoms with E-state index in [9.17, 15) is 23.5 Å². The van der Waals surface area contributed by atoms with Crippen LogP contribution in [-0.4, -0.2) is 90.9 Å². The molecule has 3 aromatic heterocycles. The Morgan fingerprint density at radius 1 is 1.00 bits per heavy atom. The topological polar surface area (TPSA) is 151 Å². The molecule has 0 saturated carbocycles. The van der Waals surface area contributed by atoms with Gasteiger partial charge in [-0.25, -0.2) is 18.7 Å². The van der Waals surface area contributed by atoms with Crippen LogP contribution in [0.25, 0.3) is 22.2 Å². The highest BCUT2D eigenvalue weighted by atomic mass is 35.5. The molecular formula is C38H37Cl2F2N9O4. The number of nitrogens with zero attached hydrogens (tertiary/aromatic N) is 7. The number of esters is 1. The van der Waals surface area contributed by atoms with Crippen molar-refractivity contribution < 1.29 is 28.2 Å². The summed E-state index contributed by atoms with van der Waals surface area (Å²) >= 11 is 13.9. The molecule has 17 heteroatoms. The van der Waals surface area contributed by atoms with Gasteiger partial charge < -0.3 is 20.5 Å². The summed E-state index contributed by atoms with van der Waals surface area (Å²) in [7, 11) is 1.39. The molecule has 0 aliphatic carbocycles. The van der Waals surface area contributed by atoms with Crippen molar-refractivity contribution >= 4 is 63.3 Å². The Kier molecular flexibility index (Phi) is 10.4. The molecule has 8 rings (SSSR count). The number of ether oxygens (including phenoxy) is 1. The minimum Gasteiger partial charge on any atom is -0.469 e. The zero-order valence-electron chi connectivity index (χ0n) is 29.7. The van der Waals surface area contributed by atoms with Crippen LogP contribution in [0.5, 0.6) is 0 Å². The van der Waals surface area contributed by atoms with Gasteiger partial charge >= 0.3 is 5.97 Å². The largest absolute Gasteiger partial charge is 0.469 e. The van der Waals surface area contributed by atoms with Crippen LogP contribution in [0.15, 0.2) is 54.7 Å². The predicted octanol–water partition coefficient (Wildman–Crippen LogP) is 6.63. The molecule has 0 spiro atoms.